The van der Waals surface area contributed by atoms with Crippen molar-refractivity contribution in [3.8, 4) is 0 Å². The third kappa shape index (κ3) is 2.27. The van der Waals surface area contributed by atoms with Crippen LogP contribution < -0.4 is 0 Å². The van der Waals surface area contributed by atoms with Crippen molar-refractivity contribution in [1.29, 1.82) is 0 Å². The lowest BCUT2D eigenvalue weighted by Crippen LogP contribution is -2.04. The minimum atomic E-state index is 0.524. The van der Waals surface area contributed by atoms with Gasteiger partial charge in [-0.2, -0.15) is 0 Å². The predicted octanol–water partition coefficient (Wildman–Crippen LogP) is 3.05. The van der Waals surface area contributed by atoms with E-state index in [-0.39, 0.29) is 0 Å². The lowest BCUT2D eigenvalue weighted by molar-refractivity contribution is 0.691. The van der Waals surface area contributed by atoms with Crippen molar-refractivity contribution in [3.63, 3.8) is 0 Å². The number of hydrogen-bond acceptors (Lipinski definition) is 1. The van der Waals surface area contributed by atoms with Crippen molar-refractivity contribution in [2.24, 2.45) is 0 Å². The van der Waals surface area contributed by atoms with Gasteiger partial charge < -0.3 is 4.57 Å². The Kier molecular flexibility index (Phi) is 2.86. The molecule has 1 heterocycles. The molecular formula is C13H16N2. The number of aromatic nitrogens is 2. The first-order chi connectivity index (χ1) is 7.27. The standard InChI is InChI=1S/C13H16N2/c1-11(2)13-8-14-10-15(13)9-12-6-4-3-5-7-12/h3-8,10-11H,9H2,1-2H3. The van der Waals surface area contributed by atoms with Gasteiger partial charge in [0.05, 0.1) is 6.33 Å². The monoisotopic (exact) mass is 200 g/mol. The summed E-state index contributed by atoms with van der Waals surface area (Å²) in [6.07, 6.45) is 3.86. The molecule has 0 spiro atoms. The third-order valence-corrected chi connectivity index (χ3v) is 2.53. The van der Waals surface area contributed by atoms with Gasteiger partial charge in [-0.05, 0) is 11.5 Å². The fraction of sp³-hybridized carbons (Fsp3) is 0.308. The van der Waals surface area contributed by atoms with Crippen LogP contribution in [0.15, 0.2) is 42.9 Å². The molecule has 0 N–H and O–H groups in total. The molecule has 1 aromatic heterocycles. The molecule has 0 unspecified atom stereocenters. The molecule has 2 nitrogen and oxygen atoms in total. The molecule has 0 amide bonds. The first-order valence-corrected chi connectivity index (χ1v) is 5.31. The van der Waals surface area contributed by atoms with Crippen molar-refractivity contribution >= 4 is 0 Å². The highest BCUT2D eigenvalue weighted by Crippen LogP contribution is 2.14. The Morgan fingerprint density at radius 2 is 1.93 bits per heavy atom. The van der Waals surface area contributed by atoms with Crippen LogP contribution in [-0.2, 0) is 6.54 Å². The van der Waals surface area contributed by atoms with Crippen molar-refractivity contribution < 1.29 is 0 Å². The van der Waals surface area contributed by atoms with Crippen molar-refractivity contribution in [3.05, 3.63) is 54.1 Å². The third-order valence-electron chi connectivity index (χ3n) is 2.53. The summed E-state index contributed by atoms with van der Waals surface area (Å²) < 4.78 is 2.21. The van der Waals surface area contributed by atoms with E-state index in [1.54, 1.807) is 0 Å². The second-order valence-electron chi connectivity index (χ2n) is 4.09. The highest BCUT2D eigenvalue weighted by atomic mass is 15.0. The fourth-order valence-corrected chi connectivity index (χ4v) is 1.72. The second kappa shape index (κ2) is 4.30. The van der Waals surface area contributed by atoms with E-state index in [4.69, 9.17) is 0 Å². The summed E-state index contributed by atoms with van der Waals surface area (Å²) in [6.45, 7) is 5.30. The van der Waals surface area contributed by atoms with Crippen LogP contribution in [0.3, 0.4) is 0 Å². The summed E-state index contributed by atoms with van der Waals surface area (Å²) in [4.78, 5) is 4.20. The number of imidazole rings is 1. The molecule has 15 heavy (non-hydrogen) atoms. The van der Waals surface area contributed by atoms with Gasteiger partial charge in [0.2, 0.25) is 0 Å². The lowest BCUT2D eigenvalue weighted by Gasteiger charge is -2.10. The van der Waals surface area contributed by atoms with Gasteiger partial charge in [0, 0.05) is 18.4 Å². The molecule has 1 aromatic carbocycles. The molecular weight excluding hydrogens is 184 g/mol. The maximum atomic E-state index is 4.20. The van der Waals surface area contributed by atoms with E-state index >= 15 is 0 Å². The van der Waals surface area contributed by atoms with Gasteiger partial charge in [0.15, 0.2) is 0 Å². The van der Waals surface area contributed by atoms with Crippen molar-refractivity contribution in [2.75, 3.05) is 0 Å². The highest BCUT2D eigenvalue weighted by molar-refractivity contribution is 5.16. The maximum absolute atomic E-state index is 4.20. The average Bonchev–Trinajstić information content (AvgIpc) is 2.67. The number of rotatable bonds is 3. The fourth-order valence-electron chi connectivity index (χ4n) is 1.72. The normalized spacial score (nSPS) is 10.9. The van der Waals surface area contributed by atoms with E-state index in [2.05, 4.69) is 47.7 Å². The Morgan fingerprint density at radius 3 is 2.60 bits per heavy atom. The van der Waals surface area contributed by atoms with E-state index in [1.807, 2.05) is 18.6 Å². The average molecular weight is 200 g/mol. The Labute approximate surface area is 90.6 Å². The van der Waals surface area contributed by atoms with Crippen LogP contribution in [-0.4, -0.2) is 9.55 Å². The lowest BCUT2D eigenvalue weighted by atomic mass is 10.1. The summed E-state index contributed by atoms with van der Waals surface area (Å²) in [5.74, 6) is 0.524. The maximum Gasteiger partial charge on any atom is 0.0951 e. The quantitative estimate of drug-likeness (QED) is 0.744. The molecule has 0 radical (unpaired) electrons. The molecule has 0 saturated carbocycles. The van der Waals surface area contributed by atoms with E-state index < -0.39 is 0 Å². The molecule has 0 aliphatic rings. The summed E-state index contributed by atoms with van der Waals surface area (Å²) in [5, 5.41) is 0. The first-order valence-electron chi connectivity index (χ1n) is 5.31. The summed E-state index contributed by atoms with van der Waals surface area (Å²) in [5.41, 5.74) is 2.61. The zero-order valence-electron chi connectivity index (χ0n) is 9.22. The molecule has 0 aliphatic heterocycles. The van der Waals surface area contributed by atoms with Crippen LogP contribution in [0.5, 0.6) is 0 Å². The van der Waals surface area contributed by atoms with Crippen molar-refractivity contribution in [1.82, 2.24) is 9.55 Å². The molecule has 0 aliphatic carbocycles. The predicted molar refractivity (Wildman–Crippen MR) is 61.9 cm³/mol. The largest absolute Gasteiger partial charge is 0.330 e. The van der Waals surface area contributed by atoms with Gasteiger partial charge in [-0.15, -0.1) is 0 Å². The van der Waals surface area contributed by atoms with Gasteiger partial charge in [0.1, 0.15) is 0 Å². The molecule has 0 atom stereocenters. The minimum Gasteiger partial charge on any atom is -0.330 e. The molecule has 2 aromatic rings. The molecule has 0 bridgehead atoms. The molecule has 2 heteroatoms. The van der Waals surface area contributed by atoms with E-state index in [1.165, 1.54) is 11.3 Å². The Morgan fingerprint density at radius 1 is 1.20 bits per heavy atom. The van der Waals surface area contributed by atoms with E-state index in [0.717, 1.165) is 6.54 Å². The minimum absolute atomic E-state index is 0.524. The summed E-state index contributed by atoms with van der Waals surface area (Å²) in [6, 6.07) is 10.5. The molecule has 2 rings (SSSR count). The molecule has 78 valence electrons. The Bertz CT molecular complexity index is 415. The first kappa shape index (κ1) is 9.97. The van der Waals surface area contributed by atoms with Gasteiger partial charge in [-0.3, -0.25) is 0 Å². The van der Waals surface area contributed by atoms with Crippen LogP contribution in [0.4, 0.5) is 0 Å². The highest BCUT2D eigenvalue weighted by Gasteiger charge is 2.05. The van der Waals surface area contributed by atoms with Gasteiger partial charge >= 0.3 is 0 Å². The number of benzene rings is 1. The zero-order valence-corrected chi connectivity index (χ0v) is 9.22. The van der Waals surface area contributed by atoms with Crippen LogP contribution in [0.25, 0.3) is 0 Å². The van der Waals surface area contributed by atoms with Crippen LogP contribution in [0.1, 0.15) is 31.0 Å². The van der Waals surface area contributed by atoms with E-state index in [9.17, 15) is 0 Å². The van der Waals surface area contributed by atoms with Gasteiger partial charge in [-0.25, -0.2) is 4.98 Å². The van der Waals surface area contributed by atoms with Crippen molar-refractivity contribution in [2.45, 2.75) is 26.3 Å². The van der Waals surface area contributed by atoms with Crippen LogP contribution in [0.2, 0.25) is 0 Å². The Hall–Kier alpha value is -1.57. The number of nitrogens with zero attached hydrogens (tertiary/aromatic N) is 2. The summed E-state index contributed by atoms with van der Waals surface area (Å²) >= 11 is 0. The Balaban J connectivity index is 2.21. The summed E-state index contributed by atoms with van der Waals surface area (Å²) in [7, 11) is 0. The SMILES string of the molecule is CC(C)c1cncn1Cc1ccccc1. The second-order valence-corrected chi connectivity index (χ2v) is 4.09. The van der Waals surface area contributed by atoms with Crippen LogP contribution in [0, 0.1) is 0 Å². The zero-order chi connectivity index (χ0) is 10.7. The van der Waals surface area contributed by atoms with E-state index in [0.29, 0.717) is 5.92 Å². The molecule has 0 fully saturated rings. The van der Waals surface area contributed by atoms with Crippen LogP contribution >= 0.6 is 0 Å². The van der Waals surface area contributed by atoms with Gasteiger partial charge in [-0.1, -0.05) is 44.2 Å². The number of hydrogen-bond donors (Lipinski definition) is 0. The topological polar surface area (TPSA) is 17.8 Å². The smallest absolute Gasteiger partial charge is 0.0951 e. The molecule has 0 saturated heterocycles. The van der Waals surface area contributed by atoms with Gasteiger partial charge in [0.25, 0.3) is 0 Å².